The molecule has 0 spiro atoms. The van der Waals surface area contributed by atoms with E-state index >= 15 is 0 Å². The van der Waals surface area contributed by atoms with Crippen molar-refractivity contribution in [1.29, 1.82) is 0 Å². The van der Waals surface area contributed by atoms with Crippen molar-refractivity contribution in [3.63, 3.8) is 0 Å². The van der Waals surface area contributed by atoms with Gasteiger partial charge in [0.1, 0.15) is 0 Å². The molecule has 2 rings (SSSR count). The van der Waals surface area contributed by atoms with Gasteiger partial charge in [0.05, 0.1) is 5.56 Å². The highest BCUT2D eigenvalue weighted by Gasteiger charge is 2.30. The largest absolute Gasteiger partial charge is 0.416 e. The van der Waals surface area contributed by atoms with E-state index in [-0.39, 0.29) is 0 Å². The van der Waals surface area contributed by atoms with Gasteiger partial charge in [0.25, 0.3) is 0 Å². The fourth-order valence-electron chi connectivity index (χ4n) is 2.63. The highest BCUT2D eigenvalue weighted by molar-refractivity contribution is 7.99. The molecular formula is C15H20F3NS. The van der Waals surface area contributed by atoms with E-state index in [4.69, 9.17) is 0 Å². The van der Waals surface area contributed by atoms with E-state index in [9.17, 15) is 13.2 Å². The van der Waals surface area contributed by atoms with Gasteiger partial charge in [0.15, 0.2) is 0 Å². The monoisotopic (exact) mass is 303 g/mol. The van der Waals surface area contributed by atoms with Crippen LogP contribution in [-0.2, 0) is 12.7 Å². The maximum Gasteiger partial charge on any atom is 0.416 e. The summed E-state index contributed by atoms with van der Waals surface area (Å²) < 4.78 is 37.4. The van der Waals surface area contributed by atoms with E-state index in [0.29, 0.717) is 17.8 Å². The van der Waals surface area contributed by atoms with Crippen LogP contribution in [0, 0.1) is 0 Å². The highest BCUT2D eigenvalue weighted by Crippen LogP contribution is 2.31. The van der Waals surface area contributed by atoms with Gasteiger partial charge >= 0.3 is 6.18 Å². The van der Waals surface area contributed by atoms with Gasteiger partial charge in [0.2, 0.25) is 0 Å². The lowest BCUT2D eigenvalue weighted by Gasteiger charge is -2.20. The fourth-order valence-corrected chi connectivity index (χ4v) is 3.86. The average Bonchev–Trinajstić information content (AvgIpc) is 2.84. The molecule has 2 atom stereocenters. The molecule has 1 aromatic rings. The molecule has 0 bridgehead atoms. The fraction of sp³-hybridized carbons (Fsp3) is 0.600. The Hall–Kier alpha value is -0.680. The number of alkyl halides is 3. The second-order valence-electron chi connectivity index (χ2n) is 5.11. The summed E-state index contributed by atoms with van der Waals surface area (Å²) in [5, 5.41) is 4.14. The molecule has 1 nitrogen and oxygen atoms in total. The van der Waals surface area contributed by atoms with Gasteiger partial charge in [-0.25, -0.2) is 0 Å². The molecule has 0 heterocycles. The zero-order chi connectivity index (χ0) is 14.6. The first kappa shape index (κ1) is 15.7. The van der Waals surface area contributed by atoms with Crippen molar-refractivity contribution in [3.8, 4) is 0 Å². The minimum Gasteiger partial charge on any atom is -0.309 e. The van der Waals surface area contributed by atoms with Gasteiger partial charge in [-0.05, 0) is 36.3 Å². The van der Waals surface area contributed by atoms with Crippen LogP contribution in [-0.4, -0.2) is 17.0 Å². The second kappa shape index (κ2) is 6.85. The lowest BCUT2D eigenvalue weighted by molar-refractivity contribution is -0.137. The Morgan fingerprint density at radius 3 is 2.50 bits per heavy atom. The van der Waals surface area contributed by atoms with Gasteiger partial charge in [-0.15, -0.1) is 0 Å². The summed E-state index contributed by atoms with van der Waals surface area (Å²) in [6.07, 6.45) is -0.607. The van der Waals surface area contributed by atoms with Crippen molar-refractivity contribution >= 4 is 11.8 Å². The summed E-state index contributed by atoms with van der Waals surface area (Å²) in [7, 11) is 0. The number of rotatable bonds is 5. The second-order valence-corrected chi connectivity index (χ2v) is 6.62. The van der Waals surface area contributed by atoms with Gasteiger partial charge in [-0.1, -0.05) is 25.5 Å². The summed E-state index contributed by atoms with van der Waals surface area (Å²) in [5.41, 5.74) is 0.326. The normalized spacial score (nSPS) is 23.2. The number of halogens is 3. The summed E-state index contributed by atoms with van der Waals surface area (Å²) in [6, 6.07) is 5.93. The maximum absolute atomic E-state index is 12.5. The number of thioether (sulfide) groups is 1. The van der Waals surface area contributed by atoms with Crippen LogP contribution in [0.1, 0.15) is 37.3 Å². The molecule has 1 aliphatic carbocycles. The molecule has 0 aliphatic heterocycles. The van der Waals surface area contributed by atoms with Crippen LogP contribution in [0.3, 0.4) is 0 Å². The van der Waals surface area contributed by atoms with Gasteiger partial charge in [0, 0.05) is 17.8 Å². The Kier molecular flexibility index (Phi) is 5.38. The molecule has 112 valence electrons. The van der Waals surface area contributed by atoms with Crippen LogP contribution in [0.2, 0.25) is 0 Å². The highest BCUT2D eigenvalue weighted by atomic mass is 32.2. The molecule has 0 radical (unpaired) electrons. The van der Waals surface area contributed by atoms with Crippen LogP contribution in [0.5, 0.6) is 0 Å². The first-order valence-corrected chi connectivity index (χ1v) is 8.06. The summed E-state index contributed by atoms with van der Waals surface area (Å²) in [6.45, 7) is 2.81. The zero-order valence-electron chi connectivity index (χ0n) is 11.5. The molecule has 0 aromatic heterocycles. The molecule has 1 aromatic carbocycles. The zero-order valence-corrected chi connectivity index (χ0v) is 12.4. The third-order valence-corrected chi connectivity index (χ3v) is 5.01. The summed E-state index contributed by atoms with van der Waals surface area (Å²) >= 11 is 1.98. The van der Waals surface area contributed by atoms with Crippen LogP contribution >= 0.6 is 11.8 Å². The Labute approximate surface area is 122 Å². The van der Waals surface area contributed by atoms with Gasteiger partial charge < -0.3 is 5.32 Å². The van der Waals surface area contributed by atoms with Crippen molar-refractivity contribution in [3.05, 3.63) is 35.4 Å². The number of nitrogens with one attached hydrogen (secondary N) is 1. The van der Waals surface area contributed by atoms with Crippen LogP contribution < -0.4 is 5.32 Å². The molecule has 1 fully saturated rings. The van der Waals surface area contributed by atoms with Gasteiger partial charge in [-0.2, -0.15) is 24.9 Å². The van der Waals surface area contributed by atoms with E-state index in [2.05, 4.69) is 12.2 Å². The molecule has 5 heteroatoms. The molecular weight excluding hydrogens is 283 g/mol. The van der Waals surface area contributed by atoms with E-state index in [0.717, 1.165) is 29.9 Å². The number of hydrogen-bond acceptors (Lipinski definition) is 2. The minimum atomic E-state index is -4.25. The predicted molar refractivity (Wildman–Crippen MR) is 77.8 cm³/mol. The first-order chi connectivity index (χ1) is 9.50. The topological polar surface area (TPSA) is 12.0 Å². The standard InChI is InChI=1S/C15H20F3NS/c1-2-20-14-5-3-4-13(14)19-10-11-6-8-12(9-7-11)15(16,17)18/h6-9,13-14,19H,2-5,10H2,1H3. The van der Waals surface area contributed by atoms with Crippen molar-refractivity contribution < 1.29 is 13.2 Å². The van der Waals surface area contributed by atoms with Crippen LogP contribution in [0.4, 0.5) is 13.2 Å². The minimum absolute atomic E-state index is 0.488. The number of hydrogen-bond donors (Lipinski definition) is 1. The van der Waals surface area contributed by atoms with E-state index in [1.807, 2.05) is 11.8 Å². The molecule has 0 saturated heterocycles. The van der Waals surface area contributed by atoms with Crippen molar-refractivity contribution in [2.75, 3.05) is 5.75 Å². The van der Waals surface area contributed by atoms with Crippen molar-refractivity contribution in [1.82, 2.24) is 5.32 Å². The maximum atomic E-state index is 12.5. The lowest BCUT2D eigenvalue weighted by Crippen LogP contribution is -2.33. The third-order valence-electron chi connectivity index (χ3n) is 3.68. The molecule has 1 saturated carbocycles. The molecule has 1 N–H and O–H groups in total. The summed E-state index contributed by atoms with van der Waals surface area (Å²) in [5.74, 6) is 1.11. The Balaban J connectivity index is 1.88. The Morgan fingerprint density at radius 1 is 1.20 bits per heavy atom. The third kappa shape index (κ3) is 4.16. The van der Waals surface area contributed by atoms with E-state index < -0.39 is 11.7 Å². The smallest absolute Gasteiger partial charge is 0.309 e. The molecule has 20 heavy (non-hydrogen) atoms. The SMILES string of the molecule is CCSC1CCCC1NCc1ccc(C(F)(F)F)cc1. The van der Waals surface area contributed by atoms with E-state index in [1.54, 1.807) is 12.1 Å². The van der Waals surface area contributed by atoms with Gasteiger partial charge in [-0.3, -0.25) is 0 Å². The first-order valence-electron chi connectivity index (χ1n) is 7.02. The summed E-state index contributed by atoms with van der Waals surface area (Å²) in [4.78, 5) is 0. The van der Waals surface area contributed by atoms with Crippen LogP contribution in [0.25, 0.3) is 0 Å². The quantitative estimate of drug-likeness (QED) is 0.861. The molecule has 0 amide bonds. The van der Waals surface area contributed by atoms with Crippen molar-refractivity contribution in [2.24, 2.45) is 0 Å². The molecule has 2 unspecified atom stereocenters. The van der Waals surface area contributed by atoms with E-state index in [1.165, 1.54) is 12.8 Å². The van der Waals surface area contributed by atoms with Crippen molar-refractivity contribution in [2.45, 2.75) is 50.2 Å². The average molecular weight is 303 g/mol. The molecule has 1 aliphatic rings. The number of benzene rings is 1. The van der Waals surface area contributed by atoms with Crippen LogP contribution in [0.15, 0.2) is 24.3 Å². The Bertz CT molecular complexity index is 416. The lowest BCUT2D eigenvalue weighted by atomic mass is 10.1. The Morgan fingerprint density at radius 2 is 1.90 bits per heavy atom. The predicted octanol–water partition coefficient (Wildman–Crippen LogP) is 4.47.